The van der Waals surface area contributed by atoms with Gasteiger partial charge in [0.2, 0.25) is 5.91 Å². The summed E-state index contributed by atoms with van der Waals surface area (Å²) in [6.07, 6.45) is 5.53. The SMILES string of the molecule is Cc1ncsc1-c1nc(CS(=O)C(C)C(=O)NC2CCCCC2)no1. The highest BCUT2D eigenvalue weighted by atomic mass is 32.2. The van der Waals surface area contributed by atoms with E-state index in [1.807, 2.05) is 6.92 Å². The number of nitrogens with zero attached hydrogens (tertiary/aromatic N) is 3. The monoisotopic (exact) mass is 382 g/mol. The van der Waals surface area contributed by atoms with Crippen molar-refractivity contribution >= 4 is 28.0 Å². The average molecular weight is 383 g/mol. The molecule has 0 bridgehead atoms. The Morgan fingerprint density at radius 2 is 2.20 bits per heavy atom. The van der Waals surface area contributed by atoms with E-state index in [1.54, 1.807) is 12.4 Å². The maximum atomic E-state index is 12.5. The molecule has 2 aromatic heterocycles. The van der Waals surface area contributed by atoms with Gasteiger partial charge in [0.25, 0.3) is 5.89 Å². The number of aryl methyl sites for hydroxylation is 1. The lowest BCUT2D eigenvalue weighted by Crippen LogP contribution is -2.42. The van der Waals surface area contributed by atoms with E-state index in [1.165, 1.54) is 17.8 Å². The molecule has 1 aliphatic rings. The smallest absolute Gasteiger partial charge is 0.269 e. The lowest BCUT2D eigenvalue weighted by molar-refractivity contribution is -0.121. The predicted molar refractivity (Wildman–Crippen MR) is 96.5 cm³/mol. The van der Waals surface area contributed by atoms with E-state index in [-0.39, 0.29) is 17.7 Å². The molecule has 2 heterocycles. The van der Waals surface area contributed by atoms with Gasteiger partial charge in [0.15, 0.2) is 5.82 Å². The van der Waals surface area contributed by atoms with Crippen molar-refractivity contribution in [1.29, 1.82) is 0 Å². The standard InChI is InChI=1S/C16H22N4O3S2/c1-10-14(24-9-17-10)16-19-13(20-23-16)8-25(22)11(2)15(21)18-12-6-4-3-5-7-12/h9,11-12H,3-8H2,1-2H3,(H,18,21). The summed E-state index contributed by atoms with van der Waals surface area (Å²) in [7, 11) is -1.40. The first-order valence-electron chi connectivity index (χ1n) is 8.45. The molecule has 25 heavy (non-hydrogen) atoms. The van der Waals surface area contributed by atoms with Crippen LogP contribution in [-0.2, 0) is 21.3 Å². The van der Waals surface area contributed by atoms with Crippen molar-refractivity contribution in [3.05, 3.63) is 17.0 Å². The largest absolute Gasteiger partial charge is 0.352 e. The van der Waals surface area contributed by atoms with Gasteiger partial charge in [-0.1, -0.05) is 24.4 Å². The van der Waals surface area contributed by atoms with Crippen LogP contribution in [0.15, 0.2) is 10.0 Å². The molecule has 2 aromatic rings. The van der Waals surface area contributed by atoms with Crippen molar-refractivity contribution in [2.45, 2.75) is 63.0 Å². The Labute approximate surface area is 153 Å². The fourth-order valence-corrected chi connectivity index (χ4v) is 4.50. The lowest BCUT2D eigenvalue weighted by atomic mass is 9.95. The van der Waals surface area contributed by atoms with Gasteiger partial charge in [-0.05, 0) is 26.7 Å². The Balaban J connectivity index is 1.57. The molecule has 0 spiro atoms. The topological polar surface area (TPSA) is 98.0 Å². The second-order valence-corrected chi connectivity index (χ2v) is 8.91. The first kappa shape index (κ1) is 18.2. The third-order valence-electron chi connectivity index (χ3n) is 4.39. The zero-order valence-corrected chi connectivity index (χ0v) is 16.0. The summed E-state index contributed by atoms with van der Waals surface area (Å²) in [5.74, 6) is 0.665. The summed E-state index contributed by atoms with van der Waals surface area (Å²) in [6.45, 7) is 3.55. The number of carbonyl (C=O) groups excluding carboxylic acids is 1. The van der Waals surface area contributed by atoms with Crippen molar-refractivity contribution in [1.82, 2.24) is 20.4 Å². The Kier molecular flexibility index (Phi) is 5.95. The molecule has 9 heteroatoms. The molecule has 1 fully saturated rings. The molecule has 0 radical (unpaired) electrons. The highest BCUT2D eigenvalue weighted by Crippen LogP contribution is 2.25. The molecule has 1 saturated carbocycles. The zero-order valence-electron chi connectivity index (χ0n) is 14.4. The summed E-state index contributed by atoms with van der Waals surface area (Å²) < 4.78 is 17.7. The van der Waals surface area contributed by atoms with Gasteiger partial charge in [-0.3, -0.25) is 9.00 Å². The van der Waals surface area contributed by atoms with Gasteiger partial charge >= 0.3 is 0 Å². The van der Waals surface area contributed by atoms with Gasteiger partial charge in [-0.15, -0.1) is 11.3 Å². The van der Waals surface area contributed by atoms with Crippen molar-refractivity contribution < 1.29 is 13.5 Å². The summed E-state index contributed by atoms with van der Waals surface area (Å²) in [5, 5.41) is 6.29. The molecule has 2 atom stereocenters. The van der Waals surface area contributed by atoms with Crippen LogP contribution >= 0.6 is 11.3 Å². The van der Waals surface area contributed by atoms with Crippen molar-refractivity contribution in [3.8, 4) is 10.8 Å². The van der Waals surface area contributed by atoms with E-state index >= 15 is 0 Å². The maximum absolute atomic E-state index is 12.5. The molecular formula is C16H22N4O3S2. The minimum absolute atomic E-state index is 0.0978. The molecule has 136 valence electrons. The number of aromatic nitrogens is 3. The van der Waals surface area contributed by atoms with E-state index < -0.39 is 16.0 Å². The van der Waals surface area contributed by atoms with Crippen LogP contribution in [0.2, 0.25) is 0 Å². The number of carbonyl (C=O) groups is 1. The van der Waals surface area contributed by atoms with Crippen molar-refractivity contribution in [2.24, 2.45) is 0 Å². The van der Waals surface area contributed by atoms with Crippen LogP contribution < -0.4 is 5.32 Å². The minimum Gasteiger partial charge on any atom is -0.352 e. The van der Waals surface area contributed by atoms with E-state index in [4.69, 9.17) is 4.52 Å². The third-order valence-corrected chi connectivity index (χ3v) is 6.86. The van der Waals surface area contributed by atoms with Crippen LogP contribution in [0.4, 0.5) is 0 Å². The van der Waals surface area contributed by atoms with Crippen molar-refractivity contribution in [3.63, 3.8) is 0 Å². The fraction of sp³-hybridized carbons (Fsp3) is 0.625. The molecule has 2 unspecified atom stereocenters. The number of amides is 1. The summed E-state index contributed by atoms with van der Waals surface area (Å²) in [4.78, 5) is 21.5. The quantitative estimate of drug-likeness (QED) is 0.824. The van der Waals surface area contributed by atoms with E-state index in [0.29, 0.717) is 11.7 Å². The normalized spacial score (nSPS) is 18.0. The molecule has 0 aromatic carbocycles. The number of thiazole rings is 1. The van der Waals surface area contributed by atoms with Gasteiger partial charge in [0.1, 0.15) is 10.1 Å². The van der Waals surface area contributed by atoms with Gasteiger partial charge < -0.3 is 9.84 Å². The van der Waals surface area contributed by atoms with Crippen LogP contribution in [-0.4, -0.2) is 36.5 Å². The Morgan fingerprint density at radius 3 is 2.88 bits per heavy atom. The molecule has 7 nitrogen and oxygen atoms in total. The summed E-state index contributed by atoms with van der Waals surface area (Å²) in [6, 6.07) is 0.215. The van der Waals surface area contributed by atoms with E-state index in [2.05, 4.69) is 20.4 Å². The van der Waals surface area contributed by atoms with Gasteiger partial charge in [0.05, 0.1) is 17.0 Å². The van der Waals surface area contributed by atoms with Crippen LogP contribution in [0.25, 0.3) is 10.8 Å². The van der Waals surface area contributed by atoms with E-state index in [9.17, 15) is 9.00 Å². The maximum Gasteiger partial charge on any atom is 0.269 e. The number of nitrogens with one attached hydrogen (secondary N) is 1. The Morgan fingerprint density at radius 1 is 1.44 bits per heavy atom. The second-order valence-electron chi connectivity index (χ2n) is 6.29. The number of hydrogen-bond acceptors (Lipinski definition) is 7. The predicted octanol–water partition coefficient (Wildman–Crippen LogP) is 2.59. The average Bonchev–Trinajstić information content (AvgIpc) is 3.23. The van der Waals surface area contributed by atoms with Crippen molar-refractivity contribution in [2.75, 3.05) is 0 Å². The van der Waals surface area contributed by atoms with Gasteiger partial charge in [-0.2, -0.15) is 4.98 Å². The molecule has 1 amide bonds. The number of hydrogen-bond donors (Lipinski definition) is 1. The zero-order chi connectivity index (χ0) is 17.8. The van der Waals surface area contributed by atoms with E-state index in [0.717, 1.165) is 36.3 Å². The van der Waals surface area contributed by atoms with Crippen LogP contribution in [0.5, 0.6) is 0 Å². The highest BCUT2D eigenvalue weighted by Gasteiger charge is 2.25. The molecule has 0 saturated heterocycles. The number of rotatable bonds is 6. The second kappa shape index (κ2) is 8.18. The molecular weight excluding hydrogens is 360 g/mol. The molecule has 1 N–H and O–H groups in total. The van der Waals surface area contributed by atoms with Gasteiger partial charge in [-0.25, -0.2) is 4.98 Å². The fourth-order valence-electron chi connectivity index (χ4n) is 2.85. The lowest BCUT2D eigenvalue weighted by Gasteiger charge is -2.24. The minimum atomic E-state index is -1.40. The molecule has 1 aliphatic carbocycles. The van der Waals surface area contributed by atoms with Crippen LogP contribution in [0.3, 0.4) is 0 Å². The first-order valence-corrected chi connectivity index (χ1v) is 10.7. The Hall–Kier alpha value is -1.61. The van der Waals surface area contributed by atoms with Crippen LogP contribution in [0.1, 0.15) is 50.5 Å². The molecule has 0 aliphatic heterocycles. The first-order chi connectivity index (χ1) is 12.0. The molecule has 3 rings (SSSR count). The summed E-state index contributed by atoms with van der Waals surface area (Å²) >= 11 is 1.42. The highest BCUT2D eigenvalue weighted by molar-refractivity contribution is 7.85. The third kappa shape index (κ3) is 4.52. The van der Waals surface area contributed by atoms with Crippen LogP contribution in [0, 0.1) is 6.92 Å². The Bertz CT molecular complexity index is 752. The van der Waals surface area contributed by atoms with Gasteiger partial charge in [0, 0.05) is 16.8 Å². The summed E-state index contributed by atoms with van der Waals surface area (Å²) in [5.41, 5.74) is 2.53.